The Kier molecular flexibility index (Phi) is 16.9. The predicted molar refractivity (Wildman–Crippen MR) is 123 cm³/mol. The van der Waals surface area contributed by atoms with E-state index in [0.29, 0.717) is 32.7 Å². The molecule has 182 valence electrons. The van der Waals surface area contributed by atoms with Gasteiger partial charge in [-0.2, -0.15) is 0 Å². The molecule has 1 aliphatic carbocycles. The lowest BCUT2D eigenvalue weighted by atomic mass is 9.88. The van der Waals surface area contributed by atoms with Gasteiger partial charge in [-0.25, -0.2) is 0 Å². The Balaban J connectivity index is 2.12. The maximum Gasteiger partial charge on any atom is 0.305 e. The van der Waals surface area contributed by atoms with Crippen molar-refractivity contribution in [2.24, 2.45) is 11.8 Å². The number of aliphatic hydroxyl groups excluding tert-OH is 2. The molecule has 1 aliphatic rings. The van der Waals surface area contributed by atoms with E-state index in [0.717, 1.165) is 45.1 Å². The van der Waals surface area contributed by atoms with E-state index in [9.17, 15) is 15.0 Å². The monoisotopic (exact) mass is 442 g/mol. The van der Waals surface area contributed by atoms with Gasteiger partial charge in [-0.3, -0.25) is 4.79 Å². The van der Waals surface area contributed by atoms with Gasteiger partial charge in [0.2, 0.25) is 0 Å². The molecule has 0 saturated heterocycles. The highest BCUT2D eigenvalue weighted by Crippen LogP contribution is 2.37. The summed E-state index contributed by atoms with van der Waals surface area (Å²) in [6, 6.07) is 0. The summed E-state index contributed by atoms with van der Waals surface area (Å²) in [7, 11) is 1.41. The smallest absolute Gasteiger partial charge is 0.305 e. The summed E-state index contributed by atoms with van der Waals surface area (Å²) >= 11 is 0. The summed E-state index contributed by atoms with van der Waals surface area (Å²) in [6.45, 7) is 4.80. The van der Waals surface area contributed by atoms with Crippen LogP contribution in [0.4, 0.5) is 0 Å². The van der Waals surface area contributed by atoms with Gasteiger partial charge in [-0.15, -0.1) is 0 Å². The molecule has 2 unspecified atom stereocenters. The molecule has 6 nitrogen and oxygen atoms in total. The number of allylic oxidation sites excluding steroid dienone is 2. The molecule has 0 aromatic heterocycles. The summed E-state index contributed by atoms with van der Waals surface area (Å²) in [4.78, 5) is 11.1. The van der Waals surface area contributed by atoms with E-state index in [2.05, 4.69) is 23.8 Å². The van der Waals surface area contributed by atoms with Crippen molar-refractivity contribution < 1.29 is 29.2 Å². The summed E-state index contributed by atoms with van der Waals surface area (Å²) in [5, 5.41) is 20.7. The fourth-order valence-electron chi connectivity index (χ4n) is 4.26. The largest absolute Gasteiger partial charge is 0.469 e. The fraction of sp³-hybridized carbons (Fsp3) is 0.880. The summed E-state index contributed by atoms with van der Waals surface area (Å²) < 4.78 is 15.9. The van der Waals surface area contributed by atoms with Crippen LogP contribution >= 0.6 is 0 Å². The first-order valence-electron chi connectivity index (χ1n) is 12.3. The van der Waals surface area contributed by atoms with Gasteiger partial charge in [-0.05, 0) is 56.8 Å². The van der Waals surface area contributed by atoms with Crippen LogP contribution in [-0.4, -0.2) is 61.9 Å². The Morgan fingerprint density at radius 3 is 2.32 bits per heavy atom. The summed E-state index contributed by atoms with van der Waals surface area (Å²) in [5.74, 6) is -0.0196. The molecule has 0 radical (unpaired) electrons. The number of unbranched alkanes of at least 4 members (excludes halogenated alkanes) is 6. The molecule has 1 fully saturated rings. The zero-order valence-corrected chi connectivity index (χ0v) is 19.8. The van der Waals surface area contributed by atoms with E-state index < -0.39 is 12.2 Å². The van der Waals surface area contributed by atoms with Crippen molar-refractivity contribution in [1.29, 1.82) is 0 Å². The van der Waals surface area contributed by atoms with Crippen LogP contribution in [0.3, 0.4) is 0 Å². The Bertz CT molecular complexity index is 467. The van der Waals surface area contributed by atoms with Gasteiger partial charge in [0.05, 0.1) is 32.5 Å². The standard InChI is InChI=1S/C25H46O6/c1-3-4-5-9-12-16-30-18-19-31-17-15-22-21(23(26)20-24(22)27)13-10-7-6-8-11-14-25(28)29-2/h7,10,21-24,26-27H,3-6,8-9,11-20H2,1-2H3/b10-7-/t21?,22-,23?,24-/m1/s1. The zero-order valence-electron chi connectivity index (χ0n) is 19.8. The molecule has 1 rings (SSSR count). The lowest BCUT2D eigenvalue weighted by Gasteiger charge is -2.22. The summed E-state index contributed by atoms with van der Waals surface area (Å²) in [5.41, 5.74) is 0. The van der Waals surface area contributed by atoms with Crippen LogP contribution in [0.15, 0.2) is 12.2 Å². The minimum absolute atomic E-state index is 0.0680. The number of hydrogen-bond acceptors (Lipinski definition) is 6. The highest BCUT2D eigenvalue weighted by molar-refractivity contribution is 5.68. The SMILES string of the molecule is CCCCCCCOCCOCC[C@@H]1C(C/C=C\CCCCC(=O)OC)C(O)C[C@H]1O. The third kappa shape index (κ3) is 13.3. The minimum atomic E-state index is -0.462. The third-order valence-corrected chi connectivity index (χ3v) is 6.19. The van der Waals surface area contributed by atoms with Crippen LogP contribution in [0.1, 0.15) is 84.0 Å². The van der Waals surface area contributed by atoms with Gasteiger partial charge in [0, 0.05) is 19.6 Å². The topological polar surface area (TPSA) is 85.2 Å². The second-order valence-electron chi connectivity index (χ2n) is 8.65. The van der Waals surface area contributed by atoms with Gasteiger partial charge in [-0.1, -0.05) is 44.8 Å². The van der Waals surface area contributed by atoms with E-state index in [1.807, 2.05) is 0 Å². The number of aliphatic hydroxyl groups is 2. The number of carbonyl (C=O) groups is 1. The molecule has 0 aromatic carbocycles. The Morgan fingerprint density at radius 2 is 1.58 bits per heavy atom. The number of ether oxygens (including phenoxy) is 3. The molecule has 0 aliphatic heterocycles. The first kappa shape index (κ1) is 28.1. The van der Waals surface area contributed by atoms with Crippen LogP contribution in [0.5, 0.6) is 0 Å². The Labute approximate surface area is 189 Å². The third-order valence-electron chi connectivity index (χ3n) is 6.19. The van der Waals surface area contributed by atoms with Crippen LogP contribution in [0.2, 0.25) is 0 Å². The lowest BCUT2D eigenvalue weighted by Crippen LogP contribution is -2.23. The first-order chi connectivity index (χ1) is 15.1. The molecule has 1 saturated carbocycles. The molecule has 6 heteroatoms. The van der Waals surface area contributed by atoms with Crippen molar-refractivity contribution >= 4 is 5.97 Å². The average Bonchev–Trinajstić information content (AvgIpc) is 3.03. The Hall–Kier alpha value is -0.950. The highest BCUT2D eigenvalue weighted by atomic mass is 16.5. The number of methoxy groups -OCH3 is 1. The number of hydrogen-bond donors (Lipinski definition) is 2. The van der Waals surface area contributed by atoms with Crippen LogP contribution in [0.25, 0.3) is 0 Å². The van der Waals surface area contributed by atoms with Crippen molar-refractivity contribution in [1.82, 2.24) is 0 Å². The molecular weight excluding hydrogens is 396 g/mol. The summed E-state index contributed by atoms with van der Waals surface area (Å²) in [6.07, 6.45) is 14.6. The second kappa shape index (κ2) is 18.6. The molecular formula is C25H46O6. The highest BCUT2D eigenvalue weighted by Gasteiger charge is 2.40. The van der Waals surface area contributed by atoms with E-state index >= 15 is 0 Å². The fourth-order valence-corrected chi connectivity index (χ4v) is 4.26. The van der Waals surface area contributed by atoms with Gasteiger partial charge in [0.1, 0.15) is 0 Å². The number of carbonyl (C=O) groups excluding carboxylic acids is 1. The van der Waals surface area contributed by atoms with E-state index in [1.54, 1.807) is 0 Å². The van der Waals surface area contributed by atoms with Crippen LogP contribution < -0.4 is 0 Å². The first-order valence-corrected chi connectivity index (χ1v) is 12.3. The molecule has 0 heterocycles. The normalized spacial score (nSPS) is 23.6. The van der Waals surface area contributed by atoms with Crippen molar-refractivity contribution in [3.63, 3.8) is 0 Å². The van der Waals surface area contributed by atoms with E-state index in [4.69, 9.17) is 9.47 Å². The van der Waals surface area contributed by atoms with Gasteiger partial charge >= 0.3 is 5.97 Å². The van der Waals surface area contributed by atoms with E-state index in [1.165, 1.54) is 32.8 Å². The number of rotatable bonds is 19. The second-order valence-corrected chi connectivity index (χ2v) is 8.65. The van der Waals surface area contributed by atoms with Crippen LogP contribution in [0, 0.1) is 11.8 Å². The van der Waals surface area contributed by atoms with E-state index in [-0.39, 0.29) is 17.8 Å². The predicted octanol–water partition coefficient (Wildman–Crippen LogP) is 4.42. The lowest BCUT2D eigenvalue weighted by molar-refractivity contribution is -0.140. The van der Waals surface area contributed by atoms with Crippen molar-refractivity contribution in [2.45, 2.75) is 96.2 Å². The van der Waals surface area contributed by atoms with Crippen molar-refractivity contribution in [3.8, 4) is 0 Å². The van der Waals surface area contributed by atoms with Crippen molar-refractivity contribution in [3.05, 3.63) is 12.2 Å². The maximum atomic E-state index is 11.1. The molecule has 31 heavy (non-hydrogen) atoms. The molecule has 4 atom stereocenters. The molecule has 0 amide bonds. The number of esters is 1. The quantitative estimate of drug-likeness (QED) is 0.175. The molecule has 2 N–H and O–H groups in total. The van der Waals surface area contributed by atoms with Crippen LogP contribution in [-0.2, 0) is 19.0 Å². The Morgan fingerprint density at radius 1 is 0.871 bits per heavy atom. The minimum Gasteiger partial charge on any atom is -0.469 e. The van der Waals surface area contributed by atoms with Crippen molar-refractivity contribution in [2.75, 3.05) is 33.5 Å². The molecule has 0 bridgehead atoms. The average molecular weight is 443 g/mol. The zero-order chi connectivity index (χ0) is 22.7. The van der Waals surface area contributed by atoms with Gasteiger partial charge in [0.15, 0.2) is 0 Å². The maximum absolute atomic E-state index is 11.1. The molecule has 0 aromatic rings. The van der Waals surface area contributed by atoms with Gasteiger partial charge < -0.3 is 24.4 Å². The molecule has 0 spiro atoms. The van der Waals surface area contributed by atoms with Gasteiger partial charge in [0.25, 0.3) is 0 Å².